The van der Waals surface area contributed by atoms with Crippen LogP contribution in [-0.2, 0) is 0 Å². The number of carbonyl (C=O) groups is 1. The summed E-state index contributed by atoms with van der Waals surface area (Å²) in [6.45, 7) is 1.83. The summed E-state index contributed by atoms with van der Waals surface area (Å²) in [5.41, 5.74) is 4.19. The average Bonchev–Trinajstić information content (AvgIpc) is 3.10. The summed E-state index contributed by atoms with van der Waals surface area (Å²) in [7, 11) is 0. The first kappa shape index (κ1) is 18.1. The highest BCUT2D eigenvalue weighted by molar-refractivity contribution is 6.08. The summed E-state index contributed by atoms with van der Waals surface area (Å²) in [6.07, 6.45) is 2.04. The third kappa shape index (κ3) is 4.12. The molecule has 0 bridgehead atoms. The molecule has 4 aromatic rings. The van der Waals surface area contributed by atoms with Crippen LogP contribution in [0.15, 0.2) is 91.1 Å². The quantitative estimate of drug-likeness (QED) is 0.482. The number of nitrogens with zero attached hydrogens (tertiary/aromatic N) is 1. The molecule has 0 atom stereocenters. The maximum Gasteiger partial charge on any atom is 0.335 e. The molecule has 0 fully saturated rings. The van der Waals surface area contributed by atoms with Crippen molar-refractivity contribution in [1.82, 2.24) is 4.57 Å². The van der Waals surface area contributed by atoms with Gasteiger partial charge in [0, 0.05) is 28.5 Å². The molecule has 0 aliphatic carbocycles. The van der Waals surface area contributed by atoms with Gasteiger partial charge in [-0.3, -0.25) is 0 Å². The van der Waals surface area contributed by atoms with Crippen LogP contribution >= 0.6 is 0 Å². The molecule has 4 rings (SSSR count). The summed E-state index contributed by atoms with van der Waals surface area (Å²) >= 11 is 0. The number of fused-ring (bicyclic) bond motifs is 1. The highest BCUT2D eigenvalue weighted by Gasteiger charge is 2.10. The zero-order valence-electron chi connectivity index (χ0n) is 15.0. The molecule has 4 heteroatoms. The van der Waals surface area contributed by atoms with E-state index in [0.29, 0.717) is 11.3 Å². The Kier molecular flexibility index (Phi) is 5.47. The molecule has 1 aromatic heterocycles. The number of aromatic carboxylic acids is 1. The standard InChI is InChI=1S/C16H14N2.C7H6O2/c1-12(17)15-11-18(13-7-3-2-4-8-13)16-10-6-5-9-14(15)16;8-7(9)6-4-2-1-3-5-6/h2-11,17H,1H3;1-5H,(H,8,9). The lowest BCUT2D eigenvalue weighted by molar-refractivity contribution is 0.0697. The summed E-state index contributed by atoms with van der Waals surface area (Å²) in [6, 6.07) is 26.7. The fourth-order valence-corrected chi connectivity index (χ4v) is 2.86. The van der Waals surface area contributed by atoms with E-state index in [1.165, 1.54) is 0 Å². The molecule has 3 aromatic carbocycles. The van der Waals surface area contributed by atoms with Gasteiger partial charge in [-0.25, -0.2) is 4.79 Å². The molecule has 2 N–H and O–H groups in total. The van der Waals surface area contributed by atoms with Gasteiger partial charge in [-0.1, -0.05) is 54.6 Å². The van der Waals surface area contributed by atoms with E-state index in [-0.39, 0.29) is 0 Å². The molecule has 0 radical (unpaired) electrons. The van der Waals surface area contributed by atoms with Gasteiger partial charge in [0.1, 0.15) is 0 Å². The Bertz CT molecular complexity index is 1070. The second kappa shape index (κ2) is 8.15. The molecule has 0 aliphatic heterocycles. The van der Waals surface area contributed by atoms with Crippen molar-refractivity contribution in [3.63, 3.8) is 0 Å². The number of carboxylic acids is 1. The van der Waals surface area contributed by atoms with E-state index >= 15 is 0 Å². The monoisotopic (exact) mass is 356 g/mol. The highest BCUT2D eigenvalue weighted by atomic mass is 16.4. The minimum Gasteiger partial charge on any atom is -0.478 e. The number of hydrogen-bond acceptors (Lipinski definition) is 2. The molecule has 1 heterocycles. The average molecular weight is 356 g/mol. The lowest BCUT2D eigenvalue weighted by Gasteiger charge is -2.04. The predicted octanol–water partition coefficient (Wildman–Crippen LogP) is 5.40. The Hall–Kier alpha value is -3.66. The Morgan fingerprint density at radius 2 is 1.41 bits per heavy atom. The topological polar surface area (TPSA) is 66.1 Å². The van der Waals surface area contributed by atoms with E-state index in [1.807, 2.05) is 43.5 Å². The van der Waals surface area contributed by atoms with Crippen molar-refractivity contribution in [2.45, 2.75) is 6.92 Å². The Morgan fingerprint density at radius 1 is 0.852 bits per heavy atom. The number of carboxylic acid groups (broad SMARTS) is 1. The SMILES string of the molecule is CC(=N)c1cn(-c2ccccc2)c2ccccc12.O=C(O)c1ccccc1. The lowest BCUT2D eigenvalue weighted by Crippen LogP contribution is -1.93. The van der Waals surface area contributed by atoms with E-state index in [4.69, 9.17) is 10.5 Å². The molecule has 0 spiro atoms. The van der Waals surface area contributed by atoms with Gasteiger partial charge in [0.05, 0.1) is 11.1 Å². The van der Waals surface area contributed by atoms with E-state index in [9.17, 15) is 4.79 Å². The molecular weight excluding hydrogens is 336 g/mol. The fraction of sp³-hybridized carbons (Fsp3) is 0.0435. The first-order valence-electron chi connectivity index (χ1n) is 8.57. The Balaban J connectivity index is 0.000000197. The van der Waals surface area contributed by atoms with Crippen molar-refractivity contribution in [2.75, 3.05) is 0 Å². The number of nitrogens with one attached hydrogen (secondary N) is 1. The van der Waals surface area contributed by atoms with Crippen LogP contribution in [0, 0.1) is 5.41 Å². The van der Waals surface area contributed by atoms with Crippen LogP contribution < -0.4 is 0 Å². The zero-order chi connectivity index (χ0) is 19.2. The lowest BCUT2D eigenvalue weighted by atomic mass is 10.1. The third-order valence-electron chi connectivity index (χ3n) is 4.17. The largest absolute Gasteiger partial charge is 0.478 e. The van der Waals surface area contributed by atoms with Gasteiger partial charge >= 0.3 is 5.97 Å². The number of hydrogen-bond donors (Lipinski definition) is 2. The van der Waals surface area contributed by atoms with Crippen LogP contribution in [0.2, 0.25) is 0 Å². The predicted molar refractivity (Wildman–Crippen MR) is 109 cm³/mol. The van der Waals surface area contributed by atoms with Crippen molar-refractivity contribution in [1.29, 1.82) is 5.41 Å². The molecule has 134 valence electrons. The summed E-state index contributed by atoms with van der Waals surface area (Å²) in [5.74, 6) is -0.879. The first-order chi connectivity index (χ1) is 13.1. The molecule has 27 heavy (non-hydrogen) atoms. The fourth-order valence-electron chi connectivity index (χ4n) is 2.86. The third-order valence-corrected chi connectivity index (χ3v) is 4.17. The second-order valence-electron chi connectivity index (χ2n) is 6.06. The molecule has 4 nitrogen and oxygen atoms in total. The van der Waals surface area contributed by atoms with Crippen molar-refractivity contribution >= 4 is 22.6 Å². The minimum atomic E-state index is -0.879. The molecule has 0 amide bonds. The maximum absolute atomic E-state index is 10.2. The van der Waals surface area contributed by atoms with Gasteiger partial charge in [0.15, 0.2) is 0 Å². The van der Waals surface area contributed by atoms with Crippen molar-refractivity contribution in [3.8, 4) is 5.69 Å². The van der Waals surface area contributed by atoms with Gasteiger partial charge in [0.2, 0.25) is 0 Å². The molecular formula is C23H20N2O2. The summed E-state index contributed by atoms with van der Waals surface area (Å²) in [4.78, 5) is 10.2. The van der Waals surface area contributed by atoms with E-state index in [2.05, 4.69) is 28.8 Å². The summed E-state index contributed by atoms with van der Waals surface area (Å²) < 4.78 is 2.14. The van der Waals surface area contributed by atoms with Crippen LogP contribution in [0.3, 0.4) is 0 Å². The molecule has 0 saturated heterocycles. The van der Waals surface area contributed by atoms with Gasteiger partial charge in [-0.15, -0.1) is 0 Å². The Morgan fingerprint density at radius 3 is 1.96 bits per heavy atom. The van der Waals surface area contributed by atoms with Gasteiger partial charge in [0.25, 0.3) is 0 Å². The zero-order valence-corrected chi connectivity index (χ0v) is 15.0. The normalized spacial score (nSPS) is 10.1. The molecule has 0 unspecified atom stereocenters. The minimum absolute atomic E-state index is 0.331. The number of rotatable bonds is 3. The van der Waals surface area contributed by atoms with Crippen molar-refractivity contribution in [3.05, 3.63) is 102 Å². The number of benzene rings is 3. The van der Waals surface area contributed by atoms with E-state index in [1.54, 1.807) is 30.3 Å². The van der Waals surface area contributed by atoms with Gasteiger partial charge in [-0.05, 0) is 37.3 Å². The number of para-hydroxylation sites is 2. The van der Waals surface area contributed by atoms with Crippen LogP contribution in [-0.4, -0.2) is 21.4 Å². The van der Waals surface area contributed by atoms with Crippen LogP contribution in [0.1, 0.15) is 22.8 Å². The second-order valence-corrected chi connectivity index (χ2v) is 6.06. The Labute approximate surface area is 157 Å². The maximum atomic E-state index is 10.2. The van der Waals surface area contributed by atoms with Gasteiger partial charge in [-0.2, -0.15) is 0 Å². The molecule has 0 saturated carbocycles. The highest BCUT2D eigenvalue weighted by Crippen LogP contribution is 2.24. The number of aromatic nitrogens is 1. The van der Waals surface area contributed by atoms with Crippen molar-refractivity contribution in [2.24, 2.45) is 0 Å². The van der Waals surface area contributed by atoms with Crippen LogP contribution in [0.25, 0.3) is 16.6 Å². The van der Waals surface area contributed by atoms with E-state index in [0.717, 1.165) is 22.2 Å². The smallest absolute Gasteiger partial charge is 0.335 e. The van der Waals surface area contributed by atoms with Crippen molar-refractivity contribution < 1.29 is 9.90 Å². The van der Waals surface area contributed by atoms with Crippen LogP contribution in [0.5, 0.6) is 0 Å². The molecule has 0 aliphatic rings. The first-order valence-corrected chi connectivity index (χ1v) is 8.57. The summed E-state index contributed by atoms with van der Waals surface area (Å²) in [5, 5.41) is 17.4. The van der Waals surface area contributed by atoms with Gasteiger partial charge < -0.3 is 15.1 Å². The van der Waals surface area contributed by atoms with E-state index < -0.39 is 5.97 Å². The van der Waals surface area contributed by atoms with Crippen LogP contribution in [0.4, 0.5) is 0 Å².